The number of benzene rings is 1. The number of hydrogen-bond acceptors (Lipinski definition) is 2. The smallest absolute Gasteiger partial charge is 0.0894 e. The van der Waals surface area contributed by atoms with Crippen LogP contribution >= 0.6 is 11.6 Å². The molecule has 1 aromatic rings. The second kappa shape index (κ2) is 4.42. The summed E-state index contributed by atoms with van der Waals surface area (Å²) in [5.41, 5.74) is 0. The van der Waals surface area contributed by atoms with E-state index in [0.29, 0.717) is 0 Å². The molecule has 0 heterocycles. The minimum atomic E-state index is -0.00130. The van der Waals surface area contributed by atoms with Crippen LogP contribution in [0.2, 0.25) is 0 Å². The quantitative estimate of drug-likeness (QED) is 0.648. The predicted octanol–water partition coefficient (Wildman–Crippen LogP) is 0.997. The van der Waals surface area contributed by atoms with E-state index >= 15 is 0 Å². The third-order valence-electron chi connectivity index (χ3n) is 1.29. The van der Waals surface area contributed by atoms with E-state index in [1.807, 2.05) is 24.7 Å². The lowest BCUT2D eigenvalue weighted by molar-refractivity contribution is 1.27. The zero-order chi connectivity index (χ0) is 7.23. The summed E-state index contributed by atoms with van der Waals surface area (Å²) in [5, 5.41) is 3.20. The van der Waals surface area contributed by atoms with Crippen LogP contribution in [0.25, 0.3) is 0 Å². The van der Waals surface area contributed by atoms with Crippen LogP contribution in [0.4, 0.5) is 0 Å². The highest BCUT2D eigenvalue weighted by atomic mass is 32.2. The summed E-state index contributed by atoms with van der Waals surface area (Å²) in [7, 11) is 2.01. The Hall–Kier alpha value is -0.405. The van der Waals surface area contributed by atoms with E-state index in [0.717, 1.165) is 0 Å². The molecular formula is C7H11BNS-. The van der Waals surface area contributed by atoms with Gasteiger partial charge in [-0.2, -0.15) is 0 Å². The fourth-order valence-electron chi connectivity index (χ4n) is 0.776. The van der Waals surface area contributed by atoms with Crippen LogP contribution in [0.3, 0.4) is 0 Å². The standard InChI is InChI=1S/C7H11BNS/c1-9-8-10-7-5-3-2-4-6-7/h2-6,9H,8H2,1H3/q-1. The first-order valence-corrected chi connectivity index (χ1v) is 4.75. The first kappa shape index (κ1) is 7.70. The molecule has 0 radical (unpaired) electrons. The largest absolute Gasteiger partial charge is 0.487 e. The maximum atomic E-state index is 3.20. The first-order valence-electron chi connectivity index (χ1n) is 3.52. The Kier molecular flexibility index (Phi) is 3.40. The van der Waals surface area contributed by atoms with Crippen molar-refractivity contribution in [2.45, 2.75) is 4.90 Å². The molecular weight excluding hydrogens is 141 g/mol. The molecule has 0 fully saturated rings. The van der Waals surface area contributed by atoms with E-state index in [-0.39, 0.29) is 6.69 Å². The lowest BCUT2D eigenvalue weighted by Crippen LogP contribution is -2.07. The van der Waals surface area contributed by atoms with Gasteiger partial charge < -0.3 is 16.8 Å². The van der Waals surface area contributed by atoms with E-state index in [2.05, 4.69) is 29.5 Å². The lowest BCUT2D eigenvalue weighted by atomic mass is 10.4. The van der Waals surface area contributed by atoms with Gasteiger partial charge in [0.1, 0.15) is 0 Å². The highest BCUT2D eigenvalue weighted by molar-refractivity contribution is 8.22. The molecule has 54 valence electrons. The van der Waals surface area contributed by atoms with Gasteiger partial charge in [-0.15, -0.1) is 0 Å². The zero-order valence-corrected chi connectivity index (χ0v) is 7.11. The SMILES string of the molecule is CN[BH2-]Sc1ccccc1. The molecule has 0 spiro atoms. The molecule has 1 rings (SSSR count). The van der Waals surface area contributed by atoms with Crippen LogP contribution in [-0.2, 0) is 0 Å². The third-order valence-corrected chi connectivity index (χ3v) is 2.64. The number of nitrogens with one attached hydrogen (secondary N) is 1. The summed E-state index contributed by atoms with van der Waals surface area (Å²) < 4.78 is 0. The van der Waals surface area contributed by atoms with E-state index in [1.165, 1.54) is 4.90 Å². The average Bonchev–Trinajstić information content (AvgIpc) is 2.03. The molecule has 0 aromatic heterocycles. The van der Waals surface area contributed by atoms with Gasteiger partial charge in [0.05, 0.1) is 6.69 Å². The van der Waals surface area contributed by atoms with Gasteiger partial charge >= 0.3 is 0 Å². The Morgan fingerprint density at radius 3 is 2.60 bits per heavy atom. The predicted molar refractivity (Wildman–Crippen MR) is 49.9 cm³/mol. The van der Waals surface area contributed by atoms with Crippen LogP contribution in [0, 0.1) is 0 Å². The minimum Gasteiger partial charge on any atom is -0.487 e. The highest BCUT2D eigenvalue weighted by Gasteiger charge is 1.81. The van der Waals surface area contributed by atoms with Crippen LogP contribution in [-0.4, -0.2) is 13.7 Å². The van der Waals surface area contributed by atoms with Crippen molar-refractivity contribution in [3.63, 3.8) is 0 Å². The van der Waals surface area contributed by atoms with Gasteiger partial charge in [-0.25, -0.2) is 0 Å². The zero-order valence-electron chi connectivity index (χ0n) is 6.29. The number of rotatable bonds is 3. The van der Waals surface area contributed by atoms with E-state index in [9.17, 15) is 0 Å². The van der Waals surface area contributed by atoms with Crippen LogP contribution in [0.15, 0.2) is 35.2 Å². The monoisotopic (exact) mass is 152 g/mol. The molecule has 0 aliphatic heterocycles. The fourth-order valence-corrected chi connectivity index (χ4v) is 1.65. The topological polar surface area (TPSA) is 12.0 Å². The summed E-state index contributed by atoms with van der Waals surface area (Å²) in [4.78, 5) is 1.37. The van der Waals surface area contributed by atoms with Crippen molar-refractivity contribution >= 4 is 18.3 Å². The summed E-state index contributed by atoms with van der Waals surface area (Å²) in [5.74, 6) is 0. The average molecular weight is 152 g/mol. The Labute approximate surface area is 66.4 Å². The van der Waals surface area contributed by atoms with Gasteiger partial charge in [0.25, 0.3) is 0 Å². The van der Waals surface area contributed by atoms with Crippen molar-refractivity contribution in [2.24, 2.45) is 0 Å². The maximum Gasteiger partial charge on any atom is 0.0894 e. The molecule has 1 N–H and O–H groups in total. The van der Waals surface area contributed by atoms with Crippen LogP contribution in [0.1, 0.15) is 0 Å². The molecule has 1 aromatic carbocycles. The summed E-state index contributed by atoms with van der Waals surface area (Å²) in [6.07, 6.45) is 0. The molecule has 0 unspecified atom stereocenters. The molecule has 3 heteroatoms. The highest BCUT2D eigenvalue weighted by Crippen LogP contribution is 2.12. The van der Waals surface area contributed by atoms with Crippen molar-refractivity contribution < 1.29 is 0 Å². The lowest BCUT2D eigenvalue weighted by Gasteiger charge is -2.05. The first-order chi connectivity index (χ1) is 4.93. The van der Waals surface area contributed by atoms with Gasteiger partial charge in [-0.1, -0.05) is 37.4 Å². The Morgan fingerprint density at radius 1 is 1.30 bits per heavy atom. The fraction of sp³-hybridized carbons (Fsp3) is 0.143. The van der Waals surface area contributed by atoms with Gasteiger partial charge in [-0.3, -0.25) is 0 Å². The molecule has 1 nitrogen and oxygen atoms in total. The summed E-state index contributed by atoms with van der Waals surface area (Å²) >= 11 is 1.93. The Balaban J connectivity index is 2.43. The minimum absolute atomic E-state index is 0.00130. The molecule has 0 saturated carbocycles. The van der Waals surface area contributed by atoms with Gasteiger partial charge in [0, 0.05) is 0 Å². The normalized spacial score (nSPS) is 9.70. The molecule has 0 atom stereocenters. The van der Waals surface area contributed by atoms with Gasteiger partial charge in [0.2, 0.25) is 0 Å². The maximum absolute atomic E-state index is 3.20. The number of hydrogen-bond donors (Lipinski definition) is 1. The second-order valence-corrected chi connectivity index (χ2v) is 3.51. The molecule has 0 amide bonds. The molecule has 10 heavy (non-hydrogen) atoms. The van der Waals surface area contributed by atoms with Crippen LogP contribution < -0.4 is 5.23 Å². The van der Waals surface area contributed by atoms with E-state index in [1.54, 1.807) is 0 Å². The summed E-state index contributed by atoms with van der Waals surface area (Å²) in [6.45, 7) is -0.00130. The van der Waals surface area contributed by atoms with Gasteiger partial charge in [0.15, 0.2) is 0 Å². The van der Waals surface area contributed by atoms with Gasteiger partial charge in [-0.05, 0) is 4.90 Å². The van der Waals surface area contributed by atoms with E-state index < -0.39 is 0 Å². The molecule has 0 saturated heterocycles. The Morgan fingerprint density at radius 2 is 2.00 bits per heavy atom. The molecule has 0 aliphatic carbocycles. The second-order valence-electron chi connectivity index (χ2n) is 2.22. The molecule has 0 bridgehead atoms. The summed E-state index contributed by atoms with van der Waals surface area (Å²) in [6, 6.07) is 10.5. The van der Waals surface area contributed by atoms with Crippen LogP contribution in [0.5, 0.6) is 0 Å². The third kappa shape index (κ3) is 2.46. The van der Waals surface area contributed by atoms with E-state index in [4.69, 9.17) is 0 Å². The molecule has 0 aliphatic rings. The van der Waals surface area contributed by atoms with Crippen molar-refractivity contribution in [1.29, 1.82) is 0 Å². The van der Waals surface area contributed by atoms with Crippen molar-refractivity contribution in [3.8, 4) is 0 Å². The van der Waals surface area contributed by atoms with Crippen molar-refractivity contribution in [3.05, 3.63) is 30.3 Å². The van der Waals surface area contributed by atoms with Crippen molar-refractivity contribution in [2.75, 3.05) is 7.05 Å². The van der Waals surface area contributed by atoms with Crippen molar-refractivity contribution in [1.82, 2.24) is 5.23 Å². The Bertz CT molecular complexity index is 178.